The summed E-state index contributed by atoms with van der Waals surface area (Å²) in [7, 11) is 0. The summed E-state index contributed by atoms with van der Waals surface area (Å²) >= 11 is 1.44. The first kappa shape index (κ1) is 29.1. The van der Waals surface area contributed by atoms with E-state index < -0.39 is 16.7 Å². The average molecular weight is 589 g/mol. The van der Waals surface area contributed by atoms with Crippen LogP contribution in [-0.2, 0) is 9.63 Å². The summed E-state index contributed by atoms with van der Waals surface area (Å²) in [6, 6.07) is 31.8. The molecule has 0 saturated heterocycles. The summed E-state index contributed by atoms with van der Waals surface area (Å²) in [6.07, 6.45) is 0. The minimum Gasteiger partial charge on any atom is -0.318 e. The third-order valence-corrected chi connectivity index (χ3v) is 7.66. The molecule has 0 bridgehead atoms. The van der Waals surface area contributed by atoms with E-state index in [1.165, 1.54) is 23.9 Å². The molecule has 0 aliphatic carbocycles. The molecule has 0 aromatic heterocycles. The number of ketones is 2. The van der Waals surface area contributed by atoms with Crippen molar-refractivity contribution in [3.63, 3.8) is 0 Å². The zero-order chi connectivity index (χ0) is 30.5. The Balaban J connectivity index is 1.34. The second-order valence-corrected chi connectivity index (χ2v) is 10.8. The Bertz CT molecular complexity index is 1910. The van der Waals surface area contributed by atoms with E-state index in [2.05, 4.69) is 5.16 Å². The Hall–Kier alpha value is -5.41. The number of oxime groups is 1. The average Bonchev–Trinajstić information content (AvgIpc) is 3.01. The first-order valence-corrected chi connectivity index (χ1v) is 14.0. The van der Waals surface area contributed by atoms with Crippen molar-refractivity contribution >= 4 is 51.5 Å². The van der Waals surface area contributed by atoms with Gasteiger partial charge in [0.2, 0.25) is 5.78 Å². The quantitative estimate of drug-likeness (QED) is 0.0573. The fourth-order valence-corrected chi connectivity index (χ4v) is 5.36. The van der Waals surface area contributed by atoms with Crippen molar-refractivity contribution in [2.24, 2.45) is 5.16 Å². The van der Waals surface area contributed by atoms with Crippen LogP contribution in [0.15, 0.2) is 124 Å². The minimum absolute atomic E-state index is 0.0180. The number of nitro benzene ring substituents is 1. The standard InChI is InChI=1S/C34H24N2O6S/c1-21-6-5-9-30(36(40)41)31(21)32(35-42-22(2)37)34(39)25-14-18-29(19-15-25)43-28-16-12-24(13-17-28)33(38)27-11-10-23-7-3-4-8-26(23)20-27/h3-20H,1-2H3/b35-32-. The van der Waals surface area contributed by atoms with Gasteiger partial charge in [0.25, 0.3) is 5.69 Å². The second kappa shape index (κ2) is 12.6. The molecule has 8 nitrogen and oxygen atoms in total. The van der Waals surface area contributed by atoms with Crippen LogP contribution in [0, 0.1) is 17.0 Å². The molecular formula is C34H24N2O6S. The molecule has 0 atom stereocenters. The lowest BCUT2D eigenvalue weighted by Gasteiger charge is -2.10. The fourth-order valence-electron chi connectivity index (χ4n) is 4.54. The number of hydrogen-bond acceptors (Lipinski definition) is 8. The predicted octanol–water partition coefficient (Wildman–Crippen LogP) is 7.59. The van der Waals surface area contributed by atoms with E-state index in [0.717, 1.165) is 27.5 Å². The Morgan fingerprint density at radius 2 is 1.35 bits per heavy atom. The number of rotatable bonds is 9. The zero-order valence-electron chi connectivity index (χ0n) is 23.1. The normalized spacial score (nSPS) is 11.3. The maximum Gasteiger partial charge on any atom is 0.332 e. The van der Waals surface area contributed by atoms with Gasteiger partial charge in [-0.05, 0) is 77.9 Å². The van der Waals surface area contributed by atoms with Crippen LogP contribution in [0.25, 0.3) is 10.8 Å². The van der Waals surface area contributed by atoms with E-state index in [1.54, 1.807) is 49.4 Å². The van der Waals surface area contributed by atoms with Crippen LogP contribution in [0.5, 0.6) is 0 Å². The molecule has 0 fully saturated rings. The van der Waals surface area contributed by atoms with Crippen molar-refractivity contribution in [2.75, 3.05) is 0 Å². The molecule has 0 radical (unpaired) electrons. The van der Waals surface area contributed by atoms with Crippen LogP contribution in [0.1, 0.15) is 44.3 Å². The van der Waals surface area contributed by atoms with Crippen molar-refractivity contribution in [1.82, 2.24) is 0 Å². The Morgan fingerprint density at radius 3 is 1.98 bits per heavy atom. The molecule has 9 heteroatoms. The molecular weight excluding hydrogens is 564 g/mol. The molecule has 43 heavy (non-hydrogen) atoms. The highest BCUT2D eigenvalue weighted by atomic mass is 32.2. The SMILES string of the molecule is CC(=O)O/N=C(\C(=O)c1ccc(Sc2ccc(C(=O)c3ccc4ccccc4c3)cc2)cc1)c1c(C)cccc1[N+](=O)[O-]. The first-order chi connectivity index (χ1) is 20.7. The fraction of sp³-hybridized carbons (Fsp3) is 0.0588. The van der Waals surface area contributed by atoms with Crippen molar-refractivity contribution in [1.29, 1.82) is 0 Å². The van der Waals surface area contributed by atoms with Crippen LogP contribution < -0.4 is 0 Å². The highest BCUT2D eigenvalue weighted by Crippen LogP contribution is 2.30. The van der Waals surface area contributed by atoms with E-state index in [4.69, 9.17) is 4.84 Å². The smallest absolute Gasteiger partial charge is 0.318 e. The van der Waals surface area contributed by atoms with E-state index in [-0.39, 0.29) is 28.3 Å². The lowest BCUT2D eigenvalue weighted by molar-refractivity contribution is -0.385. The highest BCUT2D eigenvalue weighted by Gasteiger charge is 2.27. The highest BCUT2D eigenvalue weighted by molar-refractivity contribution is 7.99. The molecule has 0 saturated carbocycles. The van der Waals surface area contributed by atoms with E-state index in [0.29, 0.717) is 16.7 Å². The number of hydrogen-bond donors (Lipinski definition) is 0. The number of nitro groups is 1. The van der Waals surface area contributed by atoms with Gasteiger partial charge < -0.3 is 4.84 Å². The molecule has 5 aromatic carbocycles. The largest absolute Gasteiger partial charge is 0.332 e. The monoisotopic (exact) mass is 588 g/mol. The molecule has 0 aliphatic rings. The van der Waals surface area contributed by atoms with Crippen LogP contribution >= 0.6 is 11.8 Å². The van der Waals surface area contributed by atoms with Crippen LogP contribution in [0.2, 0.25) is 0 Å². The zero-order valence-corrected chi connectivity index (χ0v) is 24.0. The predicted molar refractivity (Wildman–Crippen MR) is 165 cm³/mol. The molecule has 5 aromatic rings. The number of carbonyl (C=O) groups is 3. The molecule has 0 unspecified atom stereocenters. The second-order valence-electron chi connectivity index (χ2n) is 9.62. The van der Waals surface area contributed by atoms with Gasteiger partial charge in [-0.1, -0.05) is 65.4 Å². The van der Waals surface area contributed by atoms with Gasteiger partial charge in [0.05, 0.1) is 10.5 Å². The summed E-state index contributed by atoms with van der Waals surface area (Å²) in [5, 5.41) is 17.5. The lowest BCUT2D eigenvalue weighted by atomic mass is 9.96. The van der Waals surface area contributed by atoms with Crippen LogP contribution in [0.4, 0.5) is 5.69 Å². The Morgan fingerprint density at radius 1 is 0.744 bits per heavy atom. The Kier molecular flexibility index (Phi) is 8.54. The maximum atomic E-state index is 13.5. The van der Waals surface area contributed by atoms with E-state index in [1.807, 2.05) is 54.6 Å². The van der Waals surface area contributed by atoms with Crippen molar-refractivity contribution < 1.29 is 24.1 Å². The number of carbonyl (C=O) groups excluding carboxylic acids is 3. The van der Waals surface area contributed by atoms with E-state index in [9.17, 15) is 24.5 Å². The van der Waals surface area contributed by atoms with Crippen LogP contribution in [0.3, 0.4) is 0 Å². The Labute approximate surface area is 251 Å². The van der Waals surface area contributed by atoms with Crippen molar-refractivity contribution in [3.8, 4) is 0 Å². The van der Waals surface area contributed by atoms with Gasteiger partial charge in [0, 0.05) is 39.5 Å². The number of Topliss-reactive ketones (excluding diaryl/α,β-unsaturated/α-hetero) is 1. The minimum atomic E-state index is -0.765. The summed E-state index contributed by atoms with van der Waals surface area (Å²) in [5.41, 5.74) is 1.15. The molecule has 0 amide bonds. The molecule has 5 rings (SSSR count). The summed E-state index contributed by atoms with van der Waals surface area (Å²) in [5.74, 6) is -1.46. The van der Waals surface area contributed by atoms with Gasteiger partial charge in [-0.3, -0.25) is 19.7 Å². The molecule has 0 spiro atoms. The topological polar surface area (TPSA) is 116 Å². The van der Waals surface area contributed by atoms with Gasteiger partial charge in [-0.15, -0.1) is 0 Å². The van der Waals surface area contributed by atoms with Gasteiger partial charge in [-0.25, -0.2) is 4.79 Å². The van der Waals surface area contributed by atoms with Crippen molar-refractivity contribution in [2.45, 2.75) is 23.6 Å². The van der Waals surface area contributed by atoms with Gasteiger partial charge in [-0.2, -0.15) is 0 Å². The molecule has 0 aliphatic heterocycles. The van der Waals surface area contributed by atoms with Gasteiger partial charge in [0.1, 0.15) is 0 Å². The summed E-state index contributed by atoms with van der Waals surface area (Å²) in [4.78, 5) is 55.5. The van der Waals surface area contributed by atoms with Crippen molar-refractivity contribution in [3.05, 3.63) is 147 Å². The summed E-state index contributed by atoms with van der Waals surface area (Å²) in [6.45, 7) is 2.73. The summed E-state index contributed by atoms with van der Waals surface area (Å²) < 4.78 is 0. The third kappa shape index (κ3) is 6.58. The first-order valence-electron chi connectivity index (χ1n) is 13.2. The molecule has 0 heterocycles. The molecule has 0 N–H and O–H groups in total. The van der Waals surface area contributed by atoms with E-state index >= 15 is 0 Å². The third-order valence-electron chi connectivity index (χ3n) is 6.65. The lowest BCUT2D eigenvalue weighted by Crippen LogP contribution is -2.20. The maximum absolute atomic E-state index is 13.5. The van der Waals surface area contributed by atoms with Crippen LogP contribution in [-0.4, -0.2) is 28.2 Å². The molecule has 212 valence electrons. The number of fused-ring (bicyclic) bond motifs is 1. The van der Waals surface area contributed by atoms with Gasteiger partial charge in [0.15, 0.2) is 11.5 Å². The number of nitrogens with zero attached hydrogens (tertiary/aromatic N) is 2. The number of benzene rings is 5. The number of aryl methyl sites for hydroxylation is 1. The van der Waals surface area contributed by atoms with Gasteiger partial charge >= 0.3 is 5.97 Å².